The fourth-order valence-electron chi connectivity index (χ4n) is 1.48. The molecular weight excluding hydrogens is 174 g/mol. The van der Waals surface area contributed by atoms with Crippen molar-refractivity contribution in [2.45, 2.75) is 39.8 Å². The lowest BCUT2D eigenvalue weighted by atomic mass is 10.2. The molecule has 2 nitrogen and oxygen atoms in total. The zero-order valence-electron chi connectivity index (χ0n) is 9.26. The molecule has 0 bridgehead atoms. The summed E-state index contributed by atoms with van der Waals surface area (Å²) in [5, 5.41) is 3.42. The van der Waals surface area contributed by atoms with Crippen molar-refractivity contribution in [2.75, 3.05) is 0 Å². The van der Waals surface area contributed by atoms with Gasteiger partial charge in [0.1, 0.15) is 11.5 Å². The molecule has 0 radical (unpaired) electrons. The Balaban J connectivity index is 2.45. The van der Waals surface area contributed by atoms with Crippen molar-refractivity contribution in [3.63, 3.8) is 0 Å². The van der Waals surface area contributed by atoms with Crippen LogP contribution < -0.4 is 5.32 Å². The van der Waals surface area contributed by atoms with E-state index in [0.29, 0.717) is 6.04 Å². The van der Waals surface area contributed by atoms with E-state index in [1.807, 2.05) is 19.9 Å². The molecule has 0 amide bonds. The summed E-state index contributed by atoms with van der Waals surface area (Å²) in [6, 6.07) is 2.56. The van der Waals surface area contributed by atoms with Gasteiger partial charge in [0, 0.05) is 18.2 Å². The molecule has 0 aromatic carbocycles. The Morgan fingerprint density at radius 1 is 1.57 bits per heavy atom. The molecule has 1 aromatic rings. The van der Waals surface area contributed by atoms with Crippen LogP contribution in [0.4, 0.5) is 0 Å². The van der Waals surface area contributed by atoms with Gasteiger partial charge in [-0.2, -0.15) is 0 Å². The van der Waals surface area contributed by atoms with Crippen LogP contribution in [0.1, 0.15) is 30.4 Å². The Morgan fingerprint density at radius 3 is 2.79 bits per heavy atom. The van der Waals surface area contributed by atoms with Gasteiger partial charge < -0.3 is 9.73 Å². The summed E-state index contributed by atoms with van der Waals surface area (Å²) >= 11 is 0. The first-order valence-electron chi connectivity index (χ1n) is 5.03. The SMILES string of the molecule is C=CCC(C)NCc1cc(C)oc1C. The van der Waals surface area contributed by atoms with E-state index in [0.717, 1.165) is 24.5 Å². The first-order valence-corrected chi connectivity index (χ1v) is 5.03. The molecule has 0 fully saturated rings. The number of hydrogen-bond acceptors (Lipinski definition) is 2. The average Bonchev–Trinajstić information content (AvgIpc) is 2.42. The number of rotatable bonds is 5. The molecule has 14 heavy (non-hydrogen) atoms. The quantitative estimate of drug-likeness (QED) is 0.727. The van der Waals surface area contributed by atoms with Crippen LogP contribution in [0.2, 0.25) is 0 Å². The summed E-state index contributed by atoms with van der Waals surface area (Å²) in [5.41, 5.74) is 1.25. The smallest absolute Gasteiger partial charge is 0.105 e. The van der Waals surface area contributed by atoms with Crippen molar-refractivity contribution in [2.24, 2.45) is 0 Å². The molecule has 2 heteroatoms. The van der Waals surface area contributed by atoms with Crippen LogP contribution in [-0.2, 0) is 6.54 Å². The molecule has 1 atom stereocenters. The monoisotopic (exact) mass is 193 g/mol. The predicted molar refractivity (Wildman–Crippen MR) is 59.3 cm³/mol. The first-order chi connectivity index (χ1) is 6.63. The second kappa shape index (κ2) is 5.01. The minimum absolute atomic E-state index is 0.474. The van der Waals surface area contributed by atoms with Gasteiger partial charge in [0.2, 0.25) is 0 Å². The molecule has 0 aliphatic rings. The van der Waals surface area contributed by atoms with Crippen molar-refractivity contribution in [1.29, 1.82) is 0 Å². The van der Waals surface area contributed by atoms with Crippen LogP contribution >= 0.6 is 0 Å². The summed E-state index contributed by atoms with van der Waals surface area (Å²) < 4.78 is 5.45. The molecule has 0 saturated heterocycles. The minimum atomic E-state index is 0.474. The fraction of sp³-hybridized carbons (Fsp3) is 0.500. The van der Waals surface area contributed by atoms with Crippen molar-refractivity contribution in [3.8, 4) is 0 Å². The fourth-order valence-corrected chi connectivity index (χ4v) is 1.48. The van der Waals surface area contributed by atoms with Gasteiger partial charge in [-0.3, -0.25) is 0 Å². The highest BCUT2D eigenvalue weighted by Crippen LogP contribution is 2.13. The van der Waals surface area contributed by atoms with Gasteiger partial charge in [0.25, 0.3) is 0 Å². The van der Waals surface area contributed by atoms with Gasteiger partial charge in [0.15, 0.2) is 0 Å². The van der Waals surface area contributed by atoms with Gasteiger partial charge in [-0.1, -0.05) is 6.08 Å². The predicted octanol–water partition coefficient (Wildman–Crippen LogP) is 2.95. The van der Waals surface area contributed by atoms with E-state index in [2.05, 4.69) is 24.9 Å². The Hall–Kier alpha value is -1.02. The molecule has 0 aliphatic carbocycles. The standard InChI is InChI=1S/C12H19NO/c1-5-6-9(2)13-8-12-7-10(3)14-11(12)4/h5,7,9,13H,1,6,8H2,2-4H3. The van der Waals surface area contributed by atoms with E-state index >= 15 is 0 Å². The second-order valence-corrected chi connectivity index (χ2v) is 3.74. The number of hydrogen-bond donors (Lipinski definition) is 1. The molecule has 78 valence electrons. The van der Waals surface area contributed by atoms with Crippen LogP contribution in [0.3, 0.4) is 0 Å². The first kappa shape index (κ1) is 11.1. The van der Waals surface area contributed by atoms with E-state index < -0.39 is 0 Å². The molecule has 1 unspecified atom stereocenters. The third kappa shape index (κ3) is 3.04. The summed E-state index contributed by atoms with van der Waals surface area (Å²) in [7, 11) is 0. The van der Waals surface area contributed by atoms with E-state index in [1.54, 1.807) is 0 Å². The molecule has 0 spiro atoms. The van der Waals surface area contributed by atoms with Gasteiger partial charge >= 0.3 is 0 Å². The summed E-state index contributed by atoms with van der Waals surface area (Å²) in [6.45, 7) is 10.7. The van der Waals surface area contributed by atoms with Gasteiger partial charge in [-0.15, -0.1) is 6.58 Å². The van der Waals surface area contributed by atoms with Crippen LogP contribution in [0, 0.1) is 13.8 Å². The Morgan fingerprint density at radius 2 is 2.29 bits per heavy atom. The third-order valence-electron chi connectivity index (χ3n) is 2.30. The average molecular weight is 193 g/mol. The molecule has 1 heterocycles. The maximum atomic E-state index is 5.45. The molecular formula is C12H19NO. The molecule has 0 saturated carbocycles. The highest BCUT2D eigenvalue weighted by atomic mass is 16.3. The van der Waals surface area contributed by atoms with E-state index in [9.17, 15) is 0 Å². The molecule has 1 rings (SSSR count). The van der Waals surface area contributed by atoms with Crippen LogP contribution in [0.25, 0.3) is 0 Å². The normalized spacial score (nSPS) is 12.8. The largest absolute Gasteiger partial charge is 0.466 e. The van der Waals surface area contributed by atoms with Crippen LogP contribution in [0.5, 0.6) is 0 Å². The lowest BCUT2D eigenvalue weighted by Crippen LogP contribution is -2.24. The van der Waals surface area contributed by atoms with E-state index in [-0.39, 0.29) is 0 Å². The van der Waals surface area contributed by atoms with Crippen molar-refractivity contribution in [3.05, 3.63) is 35.8 Å². The van der Waals surface area contributed by atoms with Crippen LogP contribution in [-0.4, -0.2) is 6.04 Å². The van der Waals surface area contributed by atoms with E-state index in [4.69, 9.17) is 4.42 Å². The summed E-state index contributed by atoms with van der Waals surface area (Å²) in [5.74, 6) is 2.00. The summed E-state index contributed by atoms with van der Waals surface area (Å²) in [6.07, 6.45) is 2.93. The van der Waals surface area contributed by atoms with Gasteiger partial charge in [-0.25, -0.2) is 0 Å². The highest BCUT2D eigenvalue weighted by molar-refractivity contribution is 5.19. The zero-order valence-corrected chi connectivity index (χ0v) is 9.26. The minimum Gasteiger partial charge on any atom is -0.466 e. The van der Waals surface area contributed by atoms with Crippen LogP contribution in [0.15, 0.2) is 23.1 Å². The Labute approximate surface area is 86.0 Å². The van der Waals surface area contributed by atoms with Crippen molar-refractivity contribution in [1.82, 2.24) is 5.32 Å². The Kier molecular flexibility index (Phi) is 3.96. The second-order valence-electron chi connectivity index (χ2n) is 3.74. The zero-order chi connectivity index (χ0) is 10.6. The lowest BCUT2D eigenvalue weighted by Gasteiger charge is -2.10. The Bertz CT molecular complexity index is 301. The van der Waals surface area contributed by atoms with Gasteiger partial charge in [-0.05, 0) is 33.3 Å². The van der Waals surface area contributed by atoms with E-state index in [1.165, 1.54) is 5.56 Å². The number of furan rings is 1. The summed E-state index contributed by atoms with van der Waals surface area (Å²) in [4.78, 5) is 0. The molecule has 0 aliphatic heterocycles. The van der Waals surface area contributed by atoms with Crippen molar-refractivity contribution < 1.29 is 4.42 Å². The van der Waals surface area contributed by atoms with Gasteiger partial charge in [0.05, 0.1) is 0 Å². The molecule has 1 aromatic heterocycles. The maximum absolute atomic E-state index is 5.45. The van der Waals surface area contributed by atoms with Crippen molar-refractivity contribution >= 4 is 0 Å². The third-order valence-corrected chi connectivity index (χ3v) is 2.30. The number of nitrogens with one attached hydrogen (secondary N) is 1. The topological polar surface area (TPSA) is 25.2 Å². The highest BCUT2D eigenvalue weighted by Gasteiger charge is 2.05. The molecule has 1 N–H and O–H groups in total. The lowest BCUT2D eigenvalue weighted by molar-refractivity contribution is 0.494. The maximum Gasteiger partial charge on any atom is 0.105 e. The number of aryl methyl sites for hydroxylation is 2.